The molecule has 4 nitrogen and oxygen atoms in total. The molecule has 1 rings (SSSR count). The van der Waals surface area contributed by atoms with E-state index in [9.17, 15) is 0 Å². The minimum absolute atomic E-state index is 0.0877. The molecule has 1 aromatic heterocycles. The Labute approximate surface area is 92.4 Å². The SMILES string of the molecule is CC(C)=CCNc1nc(Cl)nc(Cl)n1. The number of hydrogen-bond acceptors (Lipinski definition) is 4. The largest absolute Gasteiger partial charge is 0.351 e. The Hall–Kier alpha value is -0.870. The molecule has 0 saturated heterocycles. The van der Waals surface area contributed by atoms with Gasteiger partial charge in [-0.2, -0.15) is 15.0 Å². The maximum Gasteiger partial charge on any atom is 0.228 e. The summed E-state index contributed by atoms with van der Waals surface area (Å²) in [6.07, 6.45) is 2.01. The lowest BCUT2D eigenvalue weighted by molar-refractivity contribution is 1.03. The van der Waals surface area contributed by atoms with Crippen LogP contribution < -0.4 is 5.32 Å². The van der Waals surface area contributed by atoms with Crippen molar-refractivity contribution in [3.8, 4) is 0 Å². The summed E-state index contributed by atoms with van der Waals surface area (Å²) in [5, 5.41) is 3.13. The van der Waals surface area contributed by atoms with Gasteiger partial charge in [0.1, 0.15) is 0 Å². The summed E-state index contributed by atoms with van der Waals surface area (Å²) in [7, 11) is 0. The third kappa shape index (κ3) is 3.89. The Morgan fingerprint density at radius 1 is 1.21 bits per heavy atom. The summed E-state index contributed by atoms with van der Waals surface area (Å²) in [5.74, 6) is 0.382. The van der Waals surface area contributed by atoms with Gasteiger partial charge in [-0.3, -0.25) is 0 Å². The summed E-state index contributed by atoms with van der Waals surface area (Å²) in [6.45, 7) is 4.66. The summed E-state index contributed by atoms with van der Waals surface area (Å²) in [5.41, 5.74) is 1.21. The molecule has 1 aromatic rings. The average Bonchev–Trinajstić information content (AvgIpc) is 2.01. The number of allylic oxidation sites excluding steroid dienone is 1. The molecule has 0 aliphatic rings. The molecule has 0 bridgehead atoms. The molecule has 0 aliphatic carbocycles. The van der Waals surface area contributed by atoms with Crippen molar-refractivity contribution in [2.45, 2.75) is 13.8 Å². The zero-order chi connectivity index (χ0) is 10.6. The van der Waals surface area contributed by atoms with Crippen molar-refractivity contribution in [3.63, 3.8) is 0 Å². The molecule has 0 saturated carbocycles. The minimum Gasteiger partial charge on any atom is -0.351 e. The number of anilines is 1. The minimum atomic E-state index is 0.0877. The summed E-state index contributed by atoms with van der Waals surface area (Å²) in [6, 6.07) is 0. The molecular formula is C8H10Cl2N4. The van der Waals surface area contributed by atoms with Gasteiger partial charge in [0.15, 0.2) is 0 Å². The monoisotopic (exact) mass is 232 g/mol. The number of hydrogen-bond donors (Lipinski definition) is 1. The molecular weight excluding hydrogens is 223 g/mol. The topological polar surface area (TPSA) is 50.7 Å². The summed E-state index contributed by atoms with van der Waals surface area (Å²) in [4.78, 5) is 11.3. The van der Waals surface area contributed by atoms with E-state index in [0.717, 1.165) is 0 Å². The van der Waals surface area contributed by atoms with E-state index in [1.165, 1.54) is 5.57 Å². The summed E-state index contributed by atoms with van der Waals surface area (Å²) < 4.78 is 0. The Kier molecular flexibility index (Phi) is 4.10. The van der Waals surface area contributed by atoms with E-state index in [1.54, 1.807) is 0 Å². The van der Waals surface area contributed by atoms with Crippen LogP contribution >= 0.6 is 23.2 Å². The normalized spacial score (nSPS) is 9.71. The number of aromatic nitrogens is 3. The predicted molar refractivity (Wildman–Crippen MR) is 57.8 cm³/mol. The lowest BCUT2D eigenvalue weighted by Crippen LogP contribution is -2.04. The molecule has 1 N–H and O–H groups in total. The van der Waals surface area contributed by atoms with Crippen molar-refractivity contribution < 1.29 is 0 Å². The third-order valence-corrected chi connectivity index (χ3v) is 1.69. The molecule has 1 heterocycles. The fourth-order valence-electron chi connectivity index (χ4n) is 0.751. The van der Waals surface area contributed by atoms with Crippen molar-refractivity contribution in [2.75, 3.05) is 11.9 Å². The molecule has 0 atom stereocenters. The Morgan fingerprint density at radius 2 is 1.79 bits per heavy atom. The van der Waals surface area contributed by atoms with Gasteiger partial charge in [-0.05, 0) is 37.0 Å². The van der Waals surface area contributed by atoms with Crippen molar-refractivity contribution in [1.29, 1.82) is 0 Å². The first-order valence-electron chi connectivity index (χ1n) is 4.02. The van der Waals surface area contributed by atoms with Gasteiger partial charge in [-0.25, -0.2) is 0 Å². The first-order chi connectivity index (χ1) is 6.58. The van der Waals surface area contributed by atoms with Gasteiger partial charge >= 0.3 is 0 Å². The van der Waals surface area contributed by atoms with Gasteiger partial charge in [0.2, 0.25) is 16.5 Å². The Balaban J connectivity index is 2.63. The van der Waals surface area contributed by atoms with E-state index >= 15 is 0 Å². The second-order valence-corrected chi connectivity index (χ2v) is 3.54. The van der Waals surface area contributed by atoms with Gasteiger partial charge < -0.3 is 5.32 Å². The van der Waals surface area contributed by atoms with Gasteiger partial charge in [0.05, 0.1) is 0 Å². The lowest BCUT2D eigenvalue weighted by atomic mass is 10.3. The van der Waals surface area contributed by atoms with Crippen molar-refractivity contribution in [1.82, 2.24) is 15.0 Å². The predicted octanol–water partition coefficient (Wildman–Crippen LogP) is 2.56. The van der Waals surface area contributed by atoms with E-state index in [-0.39, 0.29) is 10.6 Å². The van der Waals surface area contributed by atoms with Crippen LogP contribution in [0.25, 0.3) is 0 Å². The highest BCUT2D eigenvalue weighted by molar-refractivity contribution is 6.31. The van der Waals surface area contributed by atoms with Crippen LogP contribution in [0.15, 0.2) is 11.6 Å². The van der Waals surface area contributed by atoms with Crippen LogP contribution in [-0.2, 0) is 0 Å². The zero-order valence-electron chi connectivity index (χ0n) is 7.88. The molecule has 0 aliphatic heterocycles. The van der Waals surface area contributed by atoms with Crippen molar-refractivity contribution in [2.24, 2.45) is 0 Å². The maximum atomic E-state index is 5.59. The smallest absolute Gasteiger partial charge is 0.228 e. The molecule has 0 spiro atoms. The van der Waals surface area contributed by atoms with Gasteiger partial charge in [0.25, 0.3) is 0 Å². The van der Waals surface area contributed by atoms with Crippen molar-refractivity contribution in [3.05, 3.63) is 22.2 Å². The lowest BCUT2D eigenvalue weighted by Gasteiger charge is -2.01. The van der Waals surface area contributed by atoms with Crippen LogP contribution in [0.4, 0.5) is 5.95 Å². The van der Waals surface area contributed by atoms with Crippen LogP contribution in [0.2, 0.25) is 10.6 Å². The van der Waals surface area contributed by atoms with Crippen LogP contribution in [0.5, 0.6) is 0 Å². The molecule has 0 unspecified atom stereocenters. The highest BCUT2D eigenvalue weighted by Gasteiger charge is 2.00. The van der Waals surface area contributed by atoms with Crippen molar-refractivity contribution >= 4 is 29.2 Å². The van der Waals surface area contributed by atoms with Gasteiger partial charge in [0, 0.05) is 6.54 Å². The van der Waals surface area contributed by atoms with Crippen LogP contribution in [0.1, 0.15) is 13.8 Å². The van der Waals surface area contributed by atoms with E-state index in [4.69, 9.17) is 23.2 Å². The average molecular weight is 233 g/mol. The Bertz CT molecular complexity index is 327. The highest BCUT2D eigenvalue weighted by atomic mass is 35.5. The van der Waals surface area contributed by atoms with E-state index in [0.29, 0.717) is 12.5 Å². The molecule has 76 valence electrons. The van der Waals surface area contributed by atoms with E-state index in [1.807, 2.05) is 19.9 Å². The first kappa shape index (κ1) is 11.2. The Morgan fingerprint density at radius 3 is 2.29 bits per heavy atom. The number of rotatable bonds is 3. The number of nitrogens with zero attached hydrogens (tertiary/aromatic N) is 3. The van der Waals surface area contributed by atoms with Gasteiger partial charge in [-0.15, -0.1) is 0 Å². The first-order valence-corrected chi connectivity index (χ1v) is 4.78. The van der Waals surface area contributed by atoms with E-state index in [2.05, 4.69) is 20.3 Å². The van der Waals surface area contributed by atoms with Crippen LogP contribution in [-0.4, -0.2) is 21.5 Å². The molecule has 0 radical (unpaired) electrons. The molecule has 0 fully saturated rings. The summed E-state index contributed by atoms with van der Waals surface area (Å²) >= 11 is 11.2. The number of halogens is 2. The molecule has 0 amide bonds. The standard InChI is InChI=1S/C8H10Cl2N4/c1-5(2)3-4-11-8-13-6(9)12-7(10)14-8/h3H,4H2,1-2H3,(H,11,12,13,14). The molecule has 6 heteroatoms. The fourth-order valence-corrected chi connectivity index (χ4v) is 1.11. The highest BCUT2D eigenvalue weighted by Crippen LogP contribution is 2.09. The quantitative estimate of drug-likeness (QED) is 0.815. The second kappa shape index (κ2) is 5.12. The van der Waals surface area contributed by atoms with Gasteiger partial charge in [-0.1, -0.05) is 11.6 Å². The fraction of sp³-hybridized carbons (Fsp3) is 0.375. The number of nitrogens with one attached hydrogen (secondary N) is 1. The molecule has 0 aromatic carbocycles. The van der Waals surface area contributed by atoms with E-state index < -0.39 is 0 Å². The third-order valence-electron chi connectivity index (χ3n) is 1.35. The van der Waals surface area contributed by atoms with Crippen LogP contribution in [0, 0.1) is 0 Å². The zero-order valence-corrected chi connectivity index (χ0v) is 9.39. The second-order valence-electron chi connectivity index (χ2n) is 2.86. The molecule has 14 heavy (non-hydrogen) atoms. The van der Waals surface area contributed by atoms with Crippen LogP contribution in [0.3, 0.4) is 0 Å². The maximum absolute atomic E-state index is 5.59.